The topological polar surface area (TPSA) is 0 Å². The van der Waals surface area contributed by atoms with Gasteiger partial charge in [0.05, 0.1) is 0 Å². The van der Waals surface area contributed by atoms with E-state index in [1.54, 1.807) is 30.8 Å². The molecule has 0 nitrogen and oxygen atoms in total. The third kappa shape index (κ3) is 2.49. The van der Waals surface area contributed by atoms with Gasteiger partial charge in [-0.05, 0) is 78.3 Å². The molecular formula is C18H34S. The van der Waals surface area contributed by atoms with Gasteiger partial charge in [-0.2, -0.15) is 0 Å². The Kier molecular flexibility index (Phi) is 3.97. The van der Waals surface area contributed by atoms with E-state index in [0.29, 0.717) is 0 Å². The predicted octanol–water partition coefficient (Wildman–Crippen LogP) is 5.31. The van der Waals surface area contributed by atoms with Crippen LogP contribution in [0.5, 0.6) is 0 Å². The van der Waals surface area contributed by atoms with Crippen LogP contribution >= 0.6 is 10.0 Å². The molecule has 0 aromatic carbocycles. The Morgan fingerprint density at radius 3 is 2.47 bits per heavy atom. The van der Waals surface area contributed by atoms with E-state index in [9.17, 15) is 0 Å². The fourth-order valence-electron chi connectivity index (χ4n) is 5.59. The van der Waals surface area contributed by atoms with Crippen LogP contribution < -0.4 is 0 Å². The Morgan fingerprint density at radius 1 is 1.00 bits per heavy atom. The van der Waals surface area contributed by atoms with Gasteiger partial charge < -0.3 is 0 Å². The maximum atomic E-state index is 2.70. The molecule has 0 N–H and O–H groups in total. The molecule has 2 aliphatic carbocycles. The van der Waals surface area contributed by atoms with Crippen molar-refractivity contribution in [2.24, 2.45) is 29.6 Å². The Balaban J connectivity index is 1.76. The summed E-state index contributed by atoms with van der Waals surface area (Å²) in [6.07, 6.45) is 11.9. The van der Waals surface area contributed by atoms with Crippen LogP contribution in [0.3, 0.4) is 0 Å². The first-order valence-electron chi connectivity index (χ1n) is 8.74. The van der Waals surface area contributed by atoms with Crippen molar-refractivity contribution in [1.29, 1.82) is 0 Å². The zero-order valence-corrected chi connectivity index (χ0v) is 14.3. The highest BCUT2D eigenvalue weighted by Crippen LogP contribution is 2.61. The molecule has 19 heavy (non-hydrogen) atoms. The second kappa shape index (κ2) is 5.28. The fraction of sp³-hybridized carbons (Fsp3) is 1.00. The number of hydrogen-bond acceptors (Lipinski definition) is 0. The molecule has 2 saturated carbocycles. The predicted molar refractivity (Wildman–Crippen MR) is 89.2 cm³/mol. The van der Waals surface area contributed by atoms with Crippen LogP contribution in [0.4, 0.5) is 0 Å². The van der Waals surface area contributed by atoms with Crippen LogP contribution in [-0.4, -0.2) is 23.0 Å². The molecule has 0 aromatic rings. The molecule has 1 heteroatoms. The lowest BCUT2D eigenvalue weighted by Crippen LogP contribution is -2.44. The summed E-state index contributed by atoms with van der Waals surface area (Å²) >= 11 is 0. The van der Waals surface area contributed by atoms with Gasteiger partial charge in [0.25, 0.3) is 0 Å². The average molecular weight is 283 g/mol. The van der Waals surface area contributed by atoms with Crippen molar-refractivity contribution >= 4 is 10.0 Å². The summed E-state index contributed by atoms with van der Waals surface area (Å²) < 4.78 is 0. The fourth-order valence-corrected chi connectivity index (χ4v) is 9.44. The standard InChI is InChI=1S/C18H34S/c1-13-11-16-8-5-9-17(15(13)3)18(16)12-19(4)10-6-7-14(19)2/h13-18H,5-12H2,1-4H3. The molecule has 0 spiro atoms. The lowest BCUT2D eigenvalue weighted by molar-refractivity contribution is 0.0243. The molecule has 0 amide bonds. The molecule has 2 bridgehead atoms. The van der Waals surface area contributed by atoms with Crippen molar-refractivity contribution in [3.8, 4) is 0 Å². The van der Waals surface area contributed by atoms with Gasteiger partial charge in [-0.15, -0.1) is 0 Å². The highest BCUT2D eigenvalue weighted by Gasteiger charge is 2.45. The summed E-state index contributed by atoms with van der Waals surface area (Å²) in [5, 5.41) is 1.06. The smallest absolute Gasteiger partial charge is 0.0142 e. The van der Waals surface area contributed by atoms with Crippen LogP contribution in [0.1, 0.15) is 59.3 Å². The van der Waals surface area contributed by atoms with E-state index in [0.717, 1.165) is 34.8 Å². The van der Waals surface area contributed by atoms with Crippen molar-refractivity contribution in [1.82, 2.24) is 0 Å². The second-order valence-electron chi connectivity index (χ2n) is 8.26. The Labute approximate surface area is 122 Å². The van der Waals surface area contributed by atoms with Gasteiger partial charge in [0, 0.05) is 0 Å². The molecular weight excluding hydrogens is 248 g/mol. The summed E-state index contributed by atoms with van der Waals surface area (Å²) in [6.45, 7) is 7.66. The second-order valence-corrected chi connectivity index (χ2v) is 12.5. The van der Waals surface area contributed by atoms with E-state index < -0.39 is 0 Å². The monoisotopic (exact) mass is 282 g/mol. The number of fused-ring (bicyclic) bond motifs is 2. The molecule has 1 saturated heterocycles. The minimum atomic E-state index is -0.265. The Hall–Kier alpha value is 0.350. The van der Waals surface area contributed by atoms with Crippen LogP contribution in [-0.2, 0) is 0 Å². The molecule has 7 unspecified atom stereocenters. The van der Waals surface area contributed by atoms with Crippen LogP contribution in [0.2, 0.25) is 0 Å². The minimum Gasteiger partial charge on any atom is -0.241 e. The van der Waals surface area contributed by atoms with Crippen molar-refractivity contribution in [2.75, 3.05) is 17.8 Å². The van der Waals surface area contributed by atoms with E-state index in [1.165, 1.54) is 19.3 Å². The average Bonchev–Trinajstić information content (AvgIpc) is 2.69. The Morgan fingerprint density at radius 2 is 1.79 bits per heavy atom. The molecule has 0 aromatic heterocycles. The van der Waals surface area contributed by atoms with Crippen molar-refractivity contribution in [3.63, 3.8) is 0 Å². The van der Waals surface area contributed by atoms with E-state index >= 15 is 0 Å². The van der Waals surface area contributed by atoms with Crippen LogP contribution in [0.25, 0.3) is 0 Å². The molecule has 3 aliphatic rings. The van der Waals surface area contributed by atoms with E-state index in [-0.39, 0.29) is 10.0 Å². The summed E-state index contributed by atoms with van der Waals surface area (Å²) in [5.74, 6) is 8.52. The quantitative estimate of drug-likeness (QED) is 0.643. The van der Waals surface area contributed by atoms with Crippen LogP contribution in [0.15, 0.2) is 0 Å². The van der Waals surface area contributed by atoms with Gasteiger partial charge in [0.2, 0.25) is 0 Å². The van der Waals surface area contributed by atoms with Gasteiger partial charge in [0.15, 0.2) is 0 Å². The third-order valence-corrected chi connectivity index (χ3v) is 11.8. The molecule has 3 rings (SSSR count). The molecule has 0 radical (unpaired) electrons. The minimum absolute atomic E-state index is 0.265. The zero-order valence-electron chi connectivity index (χ0n) is 13.5. The lowest BCUT2D eigenvalue weighted by Gasteiger charge is -2.53. The summed E-state index contributed by atoms with van der Waals surface area (Å²) in [4.78, 5) is 0. The van der Waals surface area contributed by atoms with Gasteiger partial charge in [-0.25, -0.2) is 10.0 Å². The molecule has 112 valence electrons. The van der Waals surface area contributed by atoms with Crippen molar-refractivity contribution < 1.29 is 0 Å². The summed E-state index contributed by atoms with van der Waals surface area (Å²) in [6, 6.07) is 0. The lowest BCUT2D eigenvalue weighted by atomic mass is 9.58. The first-order valence-corrected chi connectivity index (χ1v) is 11.2. The molecule has 3 fully saturated rings. The highest BCUT2D eigenvalue weighted by molar-refractivity contribution is 8.33. The number of rotatable bonds is 2. The Bertz CT molecular complexity index is 326. The number of hydrogen-bond donors (Lipinski definition) is 0. The highest BCUT2D eigenvalue weighted by atomic mass is 32.3. The van der Waals surface area contributed by atoms with Crippen molar-refractivity contribution in [2.45, 2.75) is 64.5 Å². The molecule has 1 aliphatic heterocycles. The van der Waals surface area contributed by atoms with Crippen LogP contribution in [0, 0.1) is 29.6 Å². The summed E-state index contributed by atoms with van der Waals surface area (Å²) in [5.41, 5.74) is 0. The molecule has 7 atom stereocenters. The first-order chi connectivity index (χ1) is 9.01. The van der Waals surface area contributed by atoms with Gasteiger partial charge in [0.1, 0.15) is 0 Å². The van der Waals surface area contributed by atoms with Gasteiger partial charge in [-0.3, -0.25) is 0 Å². The van der Waals surface area contributed by atoms with E-state index in [1.807, 2.05) is 0 Å². The summed E-state index contributed by atoms with van der Waals surface area (Å²) in [7, 11) is -0.265. The maximum Gasteiger partial charge on any atom is -0.0142 e. The van der Waals surface area contributed by atoms with E-state index in [4.69, 9.17) is 0 Å². The largest absolute Gasteiger partial charge is 0.241 e. The zero-order chi connectivity index (χ0) is 13.6. The van der Waals surface area contributed by atoms with Gasteiger partial charge >= 0.3 is 0 Å². The maximum absolute atomic E-state index is 2.70. The first kappa shape index (κ1) is 14.3. The normalized spacial score (nSPS) is 57.7. The van der Waals surface area contributed by atoms with Gasteiger partial charge in [-0.1, -0.05) is 33.6 Å². The third-order valence-electron chi connectivity index (χ3n) is 7.28. The van der Waals surface area contributed by atoms with Crippen molar-refractivity contribution in [3.05, 3.63) is 0 Å². The van der Waals surface area contributed by atoms with E-state index in [2.05, 4.69) is 27.0 Å². The molecule has 1 heterocycles. The SMILES string of the molecule is CC1CC2CCCC(C1C)C2CS1(C)CCCC1C.